The van der Waals surface area contributed by atoms with Crippen LogP contribution >= 0.6 is 23.2 Å². The first-order chi connectivity index (χ1) is 10.0. The Kier molecular flexibility index (Phi) is 3.27. The molecule has 0 amide bonds. The van der Waals surface area contributed by atoms with Crippen LogP contribution in [0.2, 0.25) is 10.0 Å². The summed E-state index contributed by atoms with van der Waals surface area (Å²) in [6.07, 6.45) is 1.85. The van der Waals surface area contributed by atoms with Gasteiger partial charge in [0.05, 0.1) is 10.0 Å². The van der Waals surface area contributed by atoms with Gasteiger partial charge in [0.25, 0.3) is 0 Å². The molecule has 2 heterocycles. The molecule has 0 aliphatic rings. The minimum Gasteiger partial charge on any atom is -0.298 e. The third-order valence-corrected chi connectivity index (χ3v) is 3.45. The molecule has 0 atom stereocenters. The van der Waals surface area contributed by atoms with E-state index in [4.69, 9.17) is 23.2 Å². The standard InChI is InChI=1S/C13H6Cl2FN3O2/c14-8-1-2-12-17-19(13(21)18(12)5-8)11-3-7(6-20)9(15)4-10(11)16/h1-6H. The van der Waals surface area contributed by atoms with Gasteiger partial charge in [0.1, 0.15) is 5.69 Å². The van der Waals surface area contributed by atoms with Crippen LogP contribution in [0.3, 0.4) is 0 Å². The number of aromatic nitrogens is 3. The summed E-state index contributed by atoms with van der Waals surface area (Å²) >= 11 is 11.5. The van der Waals surface area contributed by atoms with Gasteiger partial charge in [-0.15, -0.1) is 5.10 Å². The van der Waals surface area contributed by atoms with E-state index in [1.165, 1.54) is 22.7 Å². The lowest BCUT2D eigenvalue weighted by Crippen LogP contribution is -2.20. The van der Waals surface area contributed by atoms with Crippen molar-refractivity contribution < 1.29 is 9.18 Å². The third kappa shape index (κ3) is 2.22. The van der Waals surface area contributed by atoms with Crippen LogP contribution in [0.5, 0.6) is 0 Å². The second kappa shape index (κ2) is 4.98. The first kappa shape index (κ1) is 13.8. The maximum absolute atomic E-state index is 14.0. The van der Waals surface area contributed by atoms with E-state index in [1.807, 2.05) is 0 Å². The third-order valence-electron chi connectivity index (χ3n) is 2.90. The fraction of sp³-hybridized carbons (Fsp3) is 0. The van der Waals surface area contributed by atoms with Crippen LogP contribution in [0.15, 0.2) is 35.3 Å². The largest absolute Gasteiger partial charge is 0.355 e. The van der Waals surface area contributed by atoms with E-state index in [-0.39, 0.29) is 16.3 Å². The van der Waals surface area contributed by atoms with E-state index < -0.39 is 11.5 Å². The molecule has 2 aromatic heterocycles. The first-order valence-corrected chi connectivity index (χ1v) is 6.48. The lowest BCUT2D eigenvalue weighted by Gasteiger charge is -2.04. The molecule has 8 heteroatoms. The van der Waals surface area contributed by atoms with Crippen molar-refractivity contribution in [2.45, 2.75) is 0 Å². The van der Waals surface area contributed by atoms with Crippen LogP contribution in [0, 0.1) is 5.82 Å². The smallest absolute Gasteiger partial charge is 0.298 e. The van der Waals surface area contributed by atoms with Crippen LogP contribution in [-0.2, 0) is 0 Å². The molecule has 5 nitrogen and oxygen atoms in total. The Bertz CT molecular complexity index is 933. The van der Waals surface area contributed by atoms with Crippen LogP contribution in [0.25, 0.3) is 11.3 Å². The molecule has 0 saturated heterocycles. The Morgan fingerprint density at radius 3 is 2.71 bits per heavy atom. The lowest BCUT2D eigenvalue weighted by molar-refractivity contribution is 0.112. The fourth-order valence-electron chi connectivity index (χ4n) is 1.91. The van der Waals surface area contributed by atoms with Crippen LogP contribution in [0.4, 0.5) is 4.39 Å². The summed E-state index contributed by atoms with van der Waals surface area (Å²) in [5, 5.41) is 4.30. The number of carbonyl (C=O) groups excluding carboxylic acids is 1. The maximum atomic E-state index is 14.0. The van der Waals surface area contributed by atoms with E-state index >= 15 is 0 Å². The van der Waals surface area contributed by atoms with Crippen LogP contribution in [-0.4, -0.2) is 20.5 Å². The van der Waals surface area contributed by atoms with Gasteiger partial charge in [0.2, 0.25) is 0 Å². The van der Waals surface area contributed by atoms with Gasteiger partial charge in [-0.2, -0.15) is 4.68 Å². The number of aldehydes is 1. The Morgan fingerprint density at radius 2 is 2.00 bits per heavy atom. The highest BCUT2D eigenvalue weighted by molar-refractivity contribution is 6.33. The number of rotatable bonds is 2. The van der Waals surface area contributed by atoms with Crippen molar-refractivity contribution in [1.82, 2.24) is 14.2 Å². The number of carbonyl (C=O) groups is 1. The van der Waals surface area contributed by atoms with Crippen LogP contribution in [0.1, 0.15) is 10.4 Å². The summed E-state index contributed by atoms with van der Waals surface area (Å²) < 4.78 is 16.0. The number of nitrogens with zero attached hydrogens (tertiary/aromatic N) is 3. The van der Waals surface area contributed by atoms with E-state index in [2.05, 4.69) is 5.10 Å². The highest BCUT2D eigenvalue weighted by atomic mass is 35.5. The predicted molar refractivity (Wildman–Crippen MR) is 76.2 cm³/mol. The van der Waals surface area contributed by atoms with Gasteiger partial charge in [-0.05, 0) is 24.3 Å². The van der Waals surface area contributed by atoms with Crippen molar-refractivity contribution in [3.05, 3.63) is 62.4 Å². The summed E-state index contributed by atoms with van der Waals surface area (Å²) in [4.78, 5) is 23.1. The van der Waals surface area contributed by atoms with Crippen molar-refractivity contribution in [1.29, 1.82) is 0 Å². The van der Waals surface area contributed by atoms with Crippen molar-refractivity contribution in [3.8, 4) is 5.69 Å². The monoisotopic (exact) mass is 325 g/mol. The number of pyridine rings is 1. The molecule has 1 aromatic carbocycles. The molecule has 0 radical (unpaired) electrons. The Hall–Kier alpha value is -2.18. The van der Waals surface area contributed by atoms with Crippen LogP contribution < -0.4 is 5.69 Å². The summed E-state index contributed by atoms with van der Waals surface area (Å²) in [6.45, 7) is 0. The molecule has 3 rings (SSSR count). The Morgan fingerprint density at radius 1 is 1.24 bits per heavy atom. The SMILES string of the molecule is O=Cc1cc(-n2nc3ccc(Cl)cn3c2=O)c(F)cc1Cl. The van der Waals surface area contributed by atoms with Crippen molar-refractivity contribution >= 4 is 35.1 Å². The molecule has 0 aliphatic heterocycles. The quantitative estimate of drug-likeness (QED) is 0.681. The van der Waals surface area contributed by atoms with Gasteiger partial charge in [-0.1, -0.05) is 23.2 Å². The van der Waals surface area contributed by atoms with Gasteiger partial charge in [-0.3, -0.25) is 4.79 Å². The number of fused-ring (bicyclic) bond motifs is 1. The summed E-state index contributed by atoms with van der Waals surface area (Å²) in [5.41, 5.74) is -0.404. The number of hydrogen-bond donors (Lipinski definition) is 0. The average Bonchev–Trinajstić information content (AvgIpc) is 2.76. The molecule has 0 N–H and O–H groups in total. The lowest BCUT2D eigenvalue weighted by atomic mass is 10.2. The van der Waals surface area contributed by atoms with E-state index in [9.17, 15) is 14.0 Å². The molecule has 0 aliphatic carbocycles. The summed E-state index contributed by atoms with van der Waals surface area (Å²) in [5.74, 6) is -0.762. The molecule has 106 valence electrons. The second-order valence-corrected chi connectivity index (χ2v) is 5.06. The van der Waals surface area contributed by atoms with Gasteiger partial charge < -0.3 is 0 Å². The molecule has 21 heavy (non-hydrogen) atoms. The second-order valence-electron chi connectivity index (χ2n) is 4.21. The highest BCUT2D eigenvalue weighted by Crippen LogP contribution is 2.21. The predicted octanol–water partition coefficient (Wildman–Crippen LogP) is 2.74. The molecule has 3 aromatic rings. The maximum Gasteiger partial charge on any atom is 0.355 e. The first-order valence-electron chi connectivity index (χ1n) is 5.73. The van der Waals surface area contributed by atoms with Gasteiger partial charge in [0, 0.05) is 11.8 Å². The molecule has 0 fully saturated rings. The summed E-state index contributed by atoms with van der Waals surface area (Å²) in [7, 11) is 0. The number of benzene rings is 1. The molecular formula is C13H6Cl2FN3O2. The Labute approximate surface area is 127 Å². The van der Waals surface area contributed by atoms with Gasteiger partial charge >= 0.3 is 5.69 Å². The van der Waals surface area contributed by atoms with Crippen molar-refractivity contribution in [2.75, 3.05) is 0 Å². The molecule has 0 bridgehead atoms. The zero-order chi connectivity index (χ0) is 15.1. The molecule has 0 unspecified atom stereocenters. The van der Waals surface area contributed by atoms with Gasteiger partial charge in [0.15, 0.2) is 17.8 Å². The minimum absolute atomic E-state index is 0.0360. The highest BCUT2D eigenvalue weighted by Gasteiger charge is 2.15. The number of hydrogen-bond acceptors (Lipinski definition) is 3. The van der Waals surface area contributed by atoms with Crippen molar-refractivity contribution in [3.63, 3.8) is 0 Å². The zero-order valence-corrected chi connectivity index (χ0v) is 11.8. The van der Waals surface area contributed by atoms with E-state index in [0.717, 1.165) is 10.7 Å². The Balaban J connectivity index is 2.33. The summed E-state index contributed by atoms with van der Waals surface area (Å²) in [6, 6.07) is 5.21. The molecule has 0 spiro atoms. The van der Waals surface area contributed by atoms with Crippen molar-refractivity contribution in [2.24, 2.45) is 0 Å². The molecule has 0 saturated carbocycles. The minimum atomic E-state index is -0.762. The topological polar surface area (TPSA) is 56.4 Å². The van der Waals surface area contributed by atoms with E-state index in [1.54, 1.807) is 6.07 Å². The van der Waals surface area contributed by atoms with Gasteiger partial charge in [-0.25, -0.2) is 13.6 Å². The normalized spacial score (nSPS) is 11.0. The van der Waals surface area contributed by atoms with E-state index in [0.29, 0.717) is 17.0 Å². The average molecular weight is 326 g/mol. The zero-order valence-electron chi connectivity index (χ0n) is 10.3. The molecular weight excluding hydrogens is 320 g/mol. The number of halogens is 3. The fourth-order valence-corrected chi connectivity index (χ4v) is 2.27.